The number of hydrogen-bond acceptors (Lipinski definition) is 10. The summed E-state index contributed by atoms with van der Waals surface area (Å²) in [5.41, 5.74) is 9.52. The van der Waals surface area contributed by atoms with Crippen molar-refractivity contribution in [1.29, 1.82) is 5.26 Å². The Hall–Kier alpha value is -5.76. The highest BCUT2D eigenvalue weighted by atomic mass is 16.5. The molecule has 43 heavy (non-hydrogen) atoms. The summed E-state index contributed by atoms with van der Waals surface area (Å²) in [7, 11) is 1.34. The van der Waals surface area contributed by atoms with Gasteiger partial charge in [-0.25, -0.2) is 14.8 Å². The molecule has 2 heterocycles. The maximum absolute atomic E-state index is 14.3. The first-order chi connectivity index (χ1) is 20.8. The van der Waals surface area contributed by atoms with Gasteiger partial charge in [0.1, 0.15) is 23.3 Å². The molecule has 11 heteroatoms. The van der Waals surface area contributed by atoms with Gasteiger partial charge in [-0.15, -0.1) is 0 Å². The van der Waals surface area contributed by atoms with E-state index >= 15 is 0 Å². The Balaban J connectivity index is 1.60. The van der Waals surface area contributed by atoms with E-state index in [1.165, 1.54) is 7.11 Å². The van der Waals surface area contributed by atoms with Crippen molar-refractivity contribution in [2.45, 2.75) is 32.9 Å². The van der Waals surface area contributed by atoms with Gasteiger partial charge in [-0.3, -0.25) is 9.36 Å². The number of aryl methyl sites for hydroxylation is 1. The van der Waals surface area contributed by atoms with Crippen LogP contribution in [0.2, 0.25) is 0 Å². The molecule has 0 saturated heterocycles. The van der Waals surface area contributed by atoms with Crippen molar-refractivity contribution < 1.29 is 9.53 Å². The van der Waals surface area contributed by atoms with Gasteiger partial charge in [-0.1, -0.05) is 43.3 Å². The van der Waals surface area contributed by atoms with Gasteiger partial charge in [0, 0.05) is 12.2 Å². The molecule has 3 aromatic carbocycles. The first kappa shape index (κ1) is 28.8. The first-order valence-electron chi connectivity index (χ1n) is 13.7. The molecule has 0 radical (unpaired) electrons. The highest BCUT2D eigenvalue weighted by Gasteiger charge is 2.23. The standard InChI is InChI=1S/C32H30N8O3/c1-4-24(37-28-23(17-33)19(2)36-32(34)39-28)29-38-26-12-8-11-25(27(26)30(41)40(29)22-9-6-5-7-10-22)35-18-20-13-15-21(16-14-20)31(42)43-3/h5-16,24,35H,4,18H2,1-3H3,(H3,34,36,37,39)/t24-/m0/s1. The number of para-hydroxylation sites is 1. The second-order valence-corrected chi connectivity index (χ2v) is 9.80. The van der Waals surface area contributed by atoms with Crippen molar-refractivity contribution in [2.75, 3.05) is 23.5 Å². The number of anilines is 3. The lowest BCUT2D eigenvalue weighted by molar-refractivity contribution is 0.0600. The van der Waals surface area contributed by atoms with Crippen LogP contribution in [0.5, 0.6) is 0 Å². The minimum absolute atomic E-state index is 0.0384. The Morgan fingerprint density at radius 3 is 2.47 bits per heavy atom. The summed E-state index contributed by atoms with van der Waals surface area (Å²) >= 11 is 0. The van der Waals surface area contributed by atoms with Gasteiger partial charge in [-0.2, -0.15) is 10.2 Å². The van der Waals surface area contributed by atoms with Gasteiger partial charge in [0.2, 0.25) is 5.95 Å². The smallest absolute Gasteiger partial charge is 0.337 e. The van der Waals surface area contributed by atoms with E-state index in [-0.39, 0.29) is 22.9 Å². The average Bonchev–Trinajstić information content (AvgIpc) is 3.02. The number of nitrogens with two attached hydrogens (primary N) is 1. The lowest BCUT2D eigenvalue weighted by Gasteiger charge is -2.23. The number of carbonyl (C=O) groups excluding carboxylic acids is 1. The van der Waals surface area contributed by atoms with Crippen molar-refractivity contribution in [2.24, 2.45) is 0 Å². The third kappa shape index (κ3) is 5.85. The summed E-state index contributed by atoms with van der Waals surface area (Å²) in [4.78, 5) is 39.5. The van der Waals surface area contributed by atoms with Crippen LogP contribution in [0.25, 0.3) is 16.6 Å². The van der Waals surface area contributed by atoms with E-state index in [1.54, 1.807) is 29.7 Å². The van der Waals surface area contributed by atoms with Crippen LogP contribution in [0.1, 0.15) is 52.4 Å². The molecule has 4 N–H and O–H groups in total. The maximum atomic E-state index is 14.3. The fourth-order valence-electron chi connectivity index (χ4n) is 4.88. The minimum Gasteiger partial charge on any atom is -0.465 e. The molecule has 11 nitrogen and oxygen atoms in total. The van der Waals surface area contributed by atoms with E-state index in [1.807, 2.05) is 61.5 Å². The largest absolute Gasteiger partial charge is 0.465 e. The Bertz CT molecular complexity index is 1900. The fourth-order valence-corrected chi connectivity index (χ4v) is 4.88. The zero-order valence-electron chi connectivity index (χ0n) is 24.0. The molecule has 0 aliphatic carbocycles. The number of nitrogens with one attached hydrogen (secondary N) is 2. The van der Waals surface area contributed by atoms with Gasteiger partial charge in [0.15, 0.2) is 0 Å². The van der Waals surface area contributed by atoms with Crippen molar-refractivity contribution in [3.05, 3.63) is 111 Å². The highest BCUT2D eigenvalue weighted by molar-refractivity contribution is 5.91. The van der Waals surface area contributed by atoms with Crippen molar-refractivity contribution >= 4 is 34.3 Å². The van der Waals surface area contributed by atoms with Crippen LogP contribution in [-0.2, 0) is 11.3 Å². The zero-order chi connectivity index (χ0) is 30.5. The summed E-state index contributed by atoms with van der Waals surface area (Å²) in [6.45, 7) is 4.06. The second kappa shape index (κ2) is 12.4. The topological polar surface area (TPSA) is 161 Å². The van der Waals surface area contributed by atoms with Crippen LogP contribution in [-0.4, -0.2) is 32.6 Å². The van der Waals surface area contributed by atoms with E-state index in [4.69, 9.17) is 15.5 Å². The molecule has 0 amide bonds. The molecule has 0 bridgehead atoms. The van der Waals surface area contributed by atoms with Crippen molar-refractivity contribution in [3.63, 3.8) is 0 Å². The fraction of sp³-hybridized carbons (Fsp3) is 0.188. The lowest BCUT2D eigenvalue weighted by atomic mass is 10.1. The number of nitrogens with zero attached hydrogens (tertiary/aromatic N) is 5. The molecule has 0 unspecified atom stereocenters. The third-order valence-electron chi connectivity index (χ3n) is 7.05. The van der Waals surface area contributed by atoms with Gasteiger partial charge in [0.05, 0.1) is 41.0 Å². The molecule has 0 spiro atoms. The average molecular weight is 575 g/mol. The maximum Gasteiger partial charge on any atom is 0.337 e. The molecular formula is C32H30N8O3. The number of ether oxygens (including phenoxy) is 1. The molecule has 5 aromatic rings. The molecule has 5 rings (SSSR count). The van der Waals surface area contributed by atoms with Crippen LogP contribution in [0.4, 0.5) is 17.5 Å². The van der Waals surface area contributed by atoms with E-state index in [0.717, 1.165) is 5.56 Å². The lowest BCUT2D eigenvalue weighted by Crippen LogP contribution is -2.29. The third-order valence-corrected chi connectivity index (χ3v) is 7.05. The number of hydrogen-bond donors (Lipinski definition) is 3. The quantitative estimate of drug-likeness (QED) is 0.207. The summed E-state index contributed by atoms with van der Waals surface area (Å²) in [6, 6.07) is 23.5. The number of esters is 1. The zero-order valence-corrected chi connectivity index (χ0v) is 24.0. The summed E-state index contributed by atoms with van der Waals surface area (Å²) < 4.78 is 6.36. The Kier molecular flexibility index (Phi) is 8.29. The number of benzene rings is 3. The molecule has 216 valence electrons. The van der Waals surface area contributed by atoms with Gasteiger partial charge in [0.25, 0.3) is 5.56 Å². The van der Waals surface area contributed by atoms with Crippen LogP contribution in [0.3, 0.4) is 0 Å². The molecule has 0 aliphatic rings. The molecule has 2 aromatic heterocycles. The van der Waals surface area contributed by atoms with Crippen LogP contribution in [0.15, 0.2) is 77.6 Å². The summed E-state index contributed by atoms with van der Waals surface area (Å²) in [6.07, 6.45) is 0.526. The molecular weight excluding hydrogens is 544 g/mol. The van der Waals surface area contributed by atoms with E-state index in [2.05, 4.69) is 26.7 Å². The van der Waals surface area contributed by atoms with E-state index < -0.39 is 12.0 Å². The molecule has 0 fully saturated rings. The monoisotopic (exact) mass is 574 g/mol. The Labute approximate surface area is 248 Å². The second-order valence-electron chi connectivity index (χ2n) is 9.80. The number of nitrogen functional groups attached to an aromatic ring is 1. The number of nitriles is 1. The van der Waals surface area contributed by atoms with Crippen LogP contribution in [0, 0.1) is 18.3 Å². The molecule has 0 aliphatic heterocycles. The normalized spacial score (nSPS) is 11.5. The van der Waals surface area contributed by atoms with E-state index in [0.29, 0.717) is 52.3 Å². The Morgan fingerprint density at radius 1 is 1.05 bits per heavy atom. The Morgan fingerprint density at radius 2 is 1.79 bits per heavy atom. The van der Waals surface area contributed by atoms with E-state index in [9.17, 15) is 14.9 Å². The van der Waals surface area contributed by atoms with Crippen LogP contribution < -0.4 is 21.9 Å². The number of aromatic nitrogens is 4. The van der Waals surface area contributed by atoms with Crippen molar-refractivity contribution in [1.82, 2.24) is 19.5 Å². The summed E-state index contributed by atoms with van der Waals surface area (Å²) in [5, 5.41) is 16.9. The number of fused-ring (bicyclic) bond motifs is 1. The highest BCUT2D eigenvalue weighted by Crippen LogP contribution is 2.28. The number of carbonyl (C=O) groups is 1. The summed E-state index contributed by atoms with van der Waals surface area (Å²) in [5.74, 6) is 0.373. The van der Waals surface area contributed by atoms with Gasteiger partial charge in [-0.05, 0) is 55.3 Å². The number of rotatable bonds is 9. The predicted molar refractivity (Wildman–Crippen MR) is 165 cm³/mol. The van der Waals surface area contributed by atoms with Gasteiger partial charge >= 0.3 is 5.97 Å². The minimum atomic E-state index is -0.497. The van der Waals surface area contributed by atoms with Gasteiger partial charge < -0.3 is 21.1 Å². The van der Waals surface area contributed by atoms with Crippen LogP contribution >= 0.6 is 0 Å². The predicted octanol–water partition coefficient (Wildman–Crippen LogP) is 4.90. The molecule has 0 saturated carbocycles. The first-order valence-corrected chi connectivity index (χ1v) is 13.7. The van der Waals surface area contributed by atoms with Crippen molar-refractivity contribution in [3.8, 4) is 11.8 Å². The molecule has 1 atom stereocenters. The SMILES string of the molecule is CC[C@H](Nc1nc(N)nc(C)c1C#N)c1nc2cccc(NCc3ccc(C(=O)OC)cc3)c2c(=O)n1-c1ccccc1. The number of methoxy groups -OCH3 is 1.